The SMILES string of the molecule is O=c1cc(-c2ccccn2)nc2n(Cc3cccc(C(F)(F)F)c3)c3ccccc3n12. The molecular formula is C23H15F3N4O. The van der Waals surface area contributed by atoms with Gasteiger partial charge < -0.3 is 4.57 Å². The van der Waals surface area contributed by atoms with Crippen LogP contribution in [0.1, 0.15) is 11.1 Å². The van der Waals surface area contributed by atoms with Crippen molar-refractivity contribution in [1.29, 1.82) is 0 Å². The number of rotatable bonds is 3. The number of nitrogens with zero attached hydrogens (tertiary/aromatic N) is 4. The molecule has 0 aliphatic heterocycles. The van der Waals surface area contributed by atoms with E-state index in [1.807, 2.05) is 12.1 Å². The molecule has 0 spiro atoms. The fourth-order valence-corrected chi connectivity index (χ4v) is 3.70. The Labute approximate surface area is 174 Å². The number of alkyl halides is 3. The van der Waals surface area contributed by atoms with Gasteiger partial charge in [-0.3, -0.25) is 9.78 Å². The summed E-state index contributed by atoms with van der Waals surface area (Å²) in [5.41, 5.74) is 1.72. The van der Waals surface area contributed by atoms with Crippen LogP contribution in [0.25, 0.3) is 28.2 Å². The molecule has 3 aromatic heterocycles. The largest absolute Gasteiger partial charge is 0.416 e. The van der Waals surface area contributed by atoms with Gasteiger partial charge in [-0.25, -0.2) is 9.38 Å². The summed E-state index contributed by atoms with van der Waals surface area (Å²) in [7, 11) is 0. The van der Waals surface area contributed by atoms with E-state index < -0.39 is 11.7 Å². The number of para-hydroxylation sites is 2. The van der Waals surface area contributed by atoms with Crippen molar-refractivity contribution in [2.24, 2.45) is 0 Å². The fraction of sp³-hybridized carbons (Fsp3) is 0.0870. The third kappa shape index (κ3) is 3.35. The maximum Gasteiger partial charge on any atom is 0.416 e. The zero-order valence-corrected chi connectivity index (χ0v) is 16.0. The summed E-state index contributed by atoms with van der Waals surface area (Å²) in [6.45, 7) is 0.124. The van der Waals surface area contributed by atoms with E-state index in [2.05, 4.69) is 9.97 Å². The maximum atomic E-state index is 13.2. The van der Waals surface area contributed by atoms with Gasteiger partial charge in [0, 0.05) is 12.3 Å². The van der Waals surface area contributed by atoms with Gasteiger partial charge in [0.2, 0.25) is 5.78 Å². The highest BCUT2D eigenvalue weighted by atomic mass is 19.4. The summed E-state index contributed by atoms with van der Waals surface area (Å²) in [5.74, 6) is 0.340. The molecule has 0 atom stereocenters. The maximum absolute atomic E-state index is 13.2. The van der Waals surface area contributed by atoms with Gasteiger partial charge in [-0.15, -0.1) is 0 Å². The lowest BCUT2D eigenvalue weighted by Gasteiger charge is -2.10. The number of imidazole rings is 1. The molecule has 154 valence electrons. The molecule has 0 fully saturated rings. The number of hydrogen-bond acceptors (Lipinski definition) is 3. The van der Waals surface area contributed by atoms with Crippen LogP contribution in [0.2, 0.25) is 0 Å². The second kappa shape index (κ2) is 7.09. The second-order valence-electron chi connectivity index (χ2n) is 7.10. The third-order valence-corrected chi connectivity index (χ3v) is 5.08. The molecule has 0 saturated carbocycles. The Bertz CT molecular complexity index is 1470. The minimum atomic E-state index is -4.43. The van der Waals surface area contributed by atoms with E-state index in [1.54, 1.807) is 47.2 Å². The van der Waals surface area contributed by atoms with Crippen molar-refractivity contribution >= 4 is 16.8 Å². The molecule has 0 amide bonds. The molecule has 5 nitrogen and oxygen atoms in total. The van der Waals surface area contributed by atoms with Crippen LogP contribution >= 0.6 is 0 Å². The van der Waals surface area contributed by atoms with Gasteiger partial charge in [-0.1, -0.05) is 30.3 Å². The van der Waals surface area contributed by atoms with Crippen LogP contribution in [-0.4, -0.2) is 18.9 Å². The van der Waals surface area contributed by atoms with Crippen LogP contribution < -0.4 is 5.56 Å². The monoisotopic (exact) mass is 420 g/mol. The zero-order valence-electron chi connectivity index (χ0n) is 16.0. The molecule has 5 rings (SSSR count). The fourth-order valence-electron chi connectivity index (χ4n) is 3.70. The van der Waals surface area contributed by atoms with E-state index in [1.165, 1.54) is 16.5 Å². The lowest BCUT2D eigenvalue weighted by atomic mass is 10.1. The van der Waals surface area contributed by atoms with Crippen LogP contribution in [0.15, 0.2) is 83.8 Å². The van der Waals surface area contributed by atoms with Crippen LogP contribution in [0.5, 0.6) is 0 Å². The Balaban J connectivity index is 1.75. The third-order valence-electron chi connectivity index (χ3n) is 5.08. The predicted molar refractivity (Wildman–Crippen MR) is 111 cm³/mol. The highest BCUT2D eigenvalue weighted by Gasteiger charge is 2.30. The lowest BCUT2D eigenvalue weighted by Crippen LogP contribution is -2.15. The first-order chi connectivity index (χ1) is 14.9. The first-order valence-corrected chi connectivity index (χ1v) is 9.50. The van der Waals surface area contributed by atoms with Gasteiger partial charge in [-0.2, -0.15) is 13.2 Å². The molecule has 0 saturated heterocycles. The Kier molecular flexibility index (Phi) is 4.35. The van der Waals surface area contributed by atoms with Gasteiger partial charge in [0.05, 0.1) is 34.5 Å². The average molecular weight is 420 g/mol. The van der Waals surface area contributed by atoms with E-state index >= 15 is 0 Å². The summed E-state index contributed by atoms with van der Waals surface area (Å²) in [5, 5.41) is 0. The average Bonchev–Trinajstić information content (AvgIpc) is 3.08. The highest BCUT2D eigenvalue weighted by Crippen LogP contribution is 2.30. The van der Waals surface area contributed by atoms with Crippen molar-refractivity contribution in [2.75, 3.05) is 0 Å². The Morgan fingerprint density at radius 2 is 1.61 bits per heavy atom. The number of fused-ring (bicyclic) bond motifs is 3. The van der Waals surface area contributed by atoms with Crippen LogP contribution in [-0.2, 0) is 12.7 Å². The summed E-state index contributed by atoms with van der Waals surface area (Å²) >= 11 is 0. The second-order valence-corrected chi connectivity index (χ2v) is 7.10. The van der Waals surface area contributed by atoms with Gasteiger partial charge in [-0.05, 0) is 42.0 Å². The van der Waals surface area contributed by atoms with E-state index in [4.69, 9.17) is 0 Å². The summed E-state index contributed by atoms with van der Waals surface area (Å²) in [6, 6.07) is 19.1. The molecular weight excluding hydrogens is 405 g/mol. The number of halogens is 3. The van der Waals surface area contributed by atoms with Crippen molar-refractivity contribution in [2.45, 2.75) is 12.7 Å². The van der Waals surface area contributed by atoms with Gasteiger partial charge in [0.1, 0.15) is 0 Å². The molecule has 0 aliphatic rings. The van der Waals surface area contributed by atoms with Crippen molar-refractivity contribution in [3.05, 3.63) is 100 Å². The summed E-state index contributed by atoms with van der Waals surface area (Å²) < 4.78 is 42.7. The Morgan fingerprint density at radius 1 is 0.839 bits per heavy atom. The smallest absolute Gasteiger partial charge is 0.305 e. The van der Waals surface area contributed by atoms with Crippen LogP contribution in [0.3, 0.4) is 0 Å². The van der Waals surface area contributed by atoms with Crippen molar-refractivity contribution in [3.8, 4) is 11.4 Å². The van der Waals surface area contributed by atoms with Gasteiger partial charge in [0.25, 0.3) is 5.56 Å². The zero-order chi connectivity index (χ0) is 21.6. The quantitative estimate of drug-likeness (QED) is 0.422. The van der Waals surface area contributed by atoms with E-state index in [0.717, 1.165) is 12.1 Å². The van der Waals surface area contributed by atoms with Gasteiger partial charge >= 0.3 is 6.18 Å². The topological polar surface area (TPSA) is 52.2 Å². The molecule has 0 unspecified atom stereocenters. The predicted octanol–water partition coefficient (Wildman–Crippen LogP) is 4.78. The molecule has 0 bridgehead atoms. The number of hydrogen-bond donors (Lipinski definition) is 0. The minimum absolute atomic E-state index is 0.124. The standard InChI is InChI=1S/C23H15F3N4O/c24-23(25,26)16-7-5-6-15(12-16)14-29-19-9-1-2-10-20(19)30-21(31)13-18(28-22(29)30)17-8-3-4-11-27-17/h1-13H,14H2. The first-order valence-electron chi connectivity index (χ1n) is 9.50. The van der Waals surface area contributed by atoms with Crippen molar-refractivity contribution < 1.29 is 13.2 Å². The van der Waals surface area contributed by atoms with Gasteiger partial charge in [0.15, 0.2) is 0 Å². The lowest BCUT2D eigenvalue weighted by molar-refractivity contribution is -0.137. The normalized spacial score (nSPS) is 12.0. The summed E-state index contributed by atoms with van der Waals surface area (Å²) in [4.78, 5) is 21.9. The number of aromatic nitrogens is 4. The molecule has 2 aromatic carbocycles. The van der Waals surface area contributed by atoms with Crippen molar-refractivity contribution in [3.63, 3.8) is 0 Å². The Hall–Kier alpha value is -3.94. The highest BCUT2D eigenvalue weighted by molar-refractivity contribution is 5.81. The number of pyridine rings is 1. The molecule has 8 heteroatoms. The molecule has 31 heavy (non-hydrogen) atoms. The van der Waals surface area contributed by atoms with Crippen LogP contribution in [0, 0.1) is 0 Å². The molecule has 0 N–H and O–H groups in total. The molecule has 0 aliphatic carbocycles. The van der Waals surface area contributed by atoms with E-state index in [-0.39, 0.29) is 12.1 Å². The van der Waals surface area contributed by atoms with E-state index in [0.29, 0.717) is 33.8 Å². The molecule has 0 radical (unpaired) electrons. The number of benzene rings is 2. The Morgan fingerprint density at radius 3 is 2.35 bits per heavy atom. The summed E-state index contributed by atoms with van der Waals surface area (Å²) in [6.07, 6.45) is -2.82. The molecule has 5 aromatic rings. The minimum Gasteiger partial charge on any atom is -0.305 e. The van der Waals surface area contributed by atoms with E-state index in [9.17, 15) is 18.0 Å². The van der Waals surface area contributed by atoms with Crippen molar-refractivity contribution in [1.82, 2.24) is 18.9 Å². The van der Waals surface area contributed by atoms with Crippen LogP contribution in [0.4, 0.5) is 13.2 Å². The molecule has 3 heterocycles. The first kappa shape index (κ1) is 19.0.